The Bertz CT molecular complexity index is 1290. The number of furan rings is 1. The fourth-order valence-corrected chi connectivity index (χ4v) is 4.35. The quantitative estimate of drug-likeness (QED) is 0.321. The Kier molecular flexibility index (Phi) is 5.32. The summed E-state index contributed by atoms with van der Waals surface area (Å²) in [7, 11) is 0. The summed E-state index contributed by atoms with van der Waals surface area (Å²) in [6.45, 7) is 20.0. The molecule has 0 bridgehead atoms. The summed E-state index contributed by atoms with van der Waals surface area (Å²) in [5.41, 5.74) is 10.6. The third-order valence-electron chi connectivity index (χ3n) is 6.27. The van der Waals surface area contributed by atoms with Crippen molar-refractivity contribution in [3.63, 3.8) is 0 Å². The molecule has 2 nitrogen and oxygen atoms in total. The van der Waals surface area contributed by atoms with Crippen LogP contribution >= 0.6 is 0 Å². The van der Waals surface area contributed by atoms with E-state index in [1.807, 2.05) is 0 Å². The number of aromatic nitrogens is 1. The molecule has 166 valence electrons. The van der Waals surface area contributed by atoms with Gasteiger partial charge in [-0.25, -0.2) is 4.98 Å². The number of rotatable bonds is 2. The maximum atomic E-state index is 6.32. The molecule has 0 spiro atoms. The number of pyridine rings is 1. The van der Waals surface area contributed by atoms with Crippen molar-refractivity contribution in [2.45, 2.75) is 73.1 Å². The zero-order chi connectivity index (χ0) is 23.4. The van der Waals surface area contributed by atoms with Gasteiger partial charge in [-0.3, -0.25) is 0 Å². The molecule has 0 fully saturated rings. The van der Waals surface area contributed by atoms with E-state index >= 15 is 0 Å². The molecule has 0 aliphatic heterocycles. The molecule has 0 atom stereocenters. The Morgan fingerprint density at radius 2 is 1.28 bits per heavy atom. The van der Waals surface area contributed by atoms with Crippen LogP contribution in [-0.2, 0) is 10.8 Å². The normalized spacial score (nSPS) is 12.5. The Morgan fingerprint density at radius 1 is 0.688 bits per heavy atom. The standard InChI is InChI=1S/C30H35NO/c1-18-12-22(16-23(13-18)29(4,5)6)25-11-10-21-17-26(32-28(21)31-25)27-19(2)14-24(15-20(27)3)30(7,8)9/h10-17H,1-9H3. The average Bonchev–Trinajstić information content (AvgIpc) is 3.08. The molecule has 0 saturated heterocycles. The van der Waals surface area contributed by atoms with Crippen LogP contribution in [0.5, 0.6) is 0 Å². The van der Waals surface area contributed by atoms with Gasteiger partial charge in [0, 0.05) is 16.5 Å². The largest absolute Gasteiger partial charge is 0.438 e. The first-order valence-corrected chi connectivity index (χ1v) is 11.5. The van der Waals surface area contributed by atoms with E-state index in [0.29, 0.717) is 5.71 Å². The van der Waals surface area contributed by atoms with Crippen LogP contribution in [0, 0.1) is 20.8 Å². The second-order valence-electron chi connectivity index (χ2n) is 11.3. The minimum Gasteiger partial charge on any atom is -0.438 e. The molecule has 2 aromatic heterocycles. The minimum atomic E-state index is 0.0942. The first-order valence-electron chi connectivity index (χ1n) is 11.5. The van der Waals surface area contributed by atoms with Gasteiger partial charge >= 0.3 is 0 Å². The van der Waals surface area contributed by atoms with E-state index in [-0.39, 0.29) is 10.8 Å². The lowest BCUT2D eigenvalue weighted by atomic mass is 9.83. The van der Waals surface area contributed by atoms with Gasteiger partial charge < -0.3 is 4.42 Å². The van der Waals surface area contributed by atoms with E-state index in [9.17, 15) is 0 Å². The highest BCUT2D eigenvalue weighted by Gasteiger charge is 2.20. The molecule has 0 amide bonds. The summed E-state index contributed by atoms with van der Waals surface area (Å²) in [5, 5.41) is 1.03. The number of hydrogen-bond donors (Lipinski definition) is 0. The Hall–Kier alpha value is -2.87. The molecule has 2 aromatic carbocycles. The second-order valence-corrected chi connectivity index (χ2v) is 11.3. The highest BCUT2D eigenvalue weighted by atomic mass is 16.3. The SMILES string of the molecule is Cc1cc(-c2ccc3cc(-c4c(C)cc(C(C)(C)C)cc4C)oc3n2)cc(C(C)(C)C)c1. The van der Waals surface area contributed by atoms with Crippen LogP contribution in [0.2, 0.25) is 0 Å². The highest BCUT2D eigenvalue weighted by molar-refractivity contribution is 5.84. The Balaban J connectivity index is 1.80. The van der Waals surface area contributed by atoms with Gasteiger partial charge in [-0.2, -0.15) is 0 Å². The molecule has 0 aliphatic carbocycles. The van der Waals surface area contributed by atoms with Crippen molar-refractivity contribution in [3.05, 3.63) is 76.3 Å². The summed E-state index contributed by atoms with van der Waals surface area (Å²) in [6.07, 6.45) is 0. The molecule has 2 heteroatoms. The van der Waals surface area contributed by atoms with Crippen LogP contribution in [0.15, 0.2) is 52.9 Å². The van der Waals surface area contributed by atoms with Crippen molar-refractivity contribution in [3.8, 4) is 22.6 Å². The van der Waals surface area contributed by atoms with E-state index in [0.717, 1.165) is 22.4 Å². The lowest BCUT2D eigenvalue weighted by Crippen LogP contribution is -2.12. The van der Waals surface area contributed by atoms with Crippen LogP contribution in [-0.4, -0.2) is 4.98 Å². The summed E-state index contributed by atoms with van der Waals surface area (Å²) >= 11 is 0. The number of aryl methyl sites for hydroxylation is 3. The molecule has 0 unspecified atom stereocenters. The van der Waals surface area contributed by atoms with Crippen LogP contribution in [0.25, 0.3) is 33.7 Å². The highest BCUT2D eigenvalue weighted by Crippen LogP contribution is 2.36. The zero-order valence-corrected chi connectivity index (χ0v) is 21.0. The molecular weight excluding hydrogens is 390 g/mol. The van der Waals surface area contributed by atoms with Crippen molar-refractivity contribution in [1.82, 2.24) is 4.98 Å². The molecular formula is C30H35NO. The third kappa shape index (κ3) is 4.24. The van der Waals surface area contributed by atoms with Crippen molar-refractivity contribution in [2.75, 3.05) is 0 Å². The van der Waals surface area contributed by atoms with Crippen molar-refractivity contribution in [1.29, 1.82) is 0 Å². The number of benzene rings is 2. The molecule has 0 N–H and O–H groups in total. The first-order chi connectivity index (χ1) is 14.8. The van der Waals surface area contributed by atoms with Crippen LogP contribution in [0.4, 0.5) is 0 Å². The number of fused-ring (bicyclic) bond motifs is 1. The zero-order valence-electron chi connectivity index (χ0n) is 21.0. The van der Waals surface area contributed by atoms with Crippen LogP contribution < -0.4 is 0 Å². The van der Waals surface area contributed by atoms with E-state index in [2.05, 4.69) is 111 Å². The van der Waals surface area contributed by atoms with Crippen molar-refractivity contribution < 1.29 is 4.42 Å². The van der Waals surface area contributed by atoms with Gasteiger partial charge in [0.2, 0.25) is 5.71 Å². The Labute approximate surface area is 192 Å². The maximum absolute atomic E-state index is 6.32. The molecule has 0 aliphatic rings. The van der Waals surface area contributed by atoms with Gasteiger partial charge in [0.25, 0.3) is 0 Å². The monoisotopic (exact) mass is 425 g/mol. The second kappa shape index (κ2) is 7.62. The van der Waals surface area contributed by atoms with Gasteiger partial charge in [0.15, 0.2) is 0 Å². The van der Waals surface area contributed by atoms with E-state index < -0.39 is 0 Å². The topological polar surface area (TPSA) is 26.0 Å². The van der Waals surface area contributed by atoms with Crippen LogP contribution in [0.1, 0.15) is 69.4 Å². The third-order valence-corrected chi connectivity index (χ3v) is 6.27. The number of nitrogens with zero attached hydrogens (tertiary/aromatic N) is 1. The van der Waals surface area contributed by atoms with Gasteiger partial charge in [-0.05, 0) is 84.2 Å². The Morgan fingerprint density at radius 3 is 1.88 bits per heavy atom. The first kappa shape index (κ1) is 22.3. The molecule has 0 radical (unpaired) electrons. The molecule has 4 rings (SSSR count). The summed E-state index contributed by atoms with van der Waals surface area (Å²) < 4.78 is 6.32. The average molecular weight is 426 g/mol. The summed E-state index contributed by atoms with van der Waals surface area (Å²) in [5.74, 6) is 0.889. The summed E-state index contributed by atoms with van der Waals surface area (Å²) in [4.78, 5) is 4.91. The molecule has 2 heterocycles. The van der Waals surface area contributed by atoms with Gasteiger partial charge in [-0.15, -0.1) is 0 Å². The van der Waals surface area contributed by atoms with Crippen LogP contribution in [0.3, 0.4) is 0 Å². The van der Waals surface area contributed by atoms with Gasteiger partial charge in [0.1, 0.15) is 5.76 Å². The lowest BCUT2D eigenvalue weighted by Gasteiger charge is -2.21. The molecule has 32 heavy (non-hydrogen) atoms. The van der Waals surface area contributed by atoms with E-state index in [1.54, 1.807) is 0 Å². The molecule has 4 aromatic rings. The summed E-state index contributed by atoms with van der Waals surface area (Å²) in [6, 6.07) is 17.6. The number of hydrogen-bond acceptors (Lipinski definition) is 2. The van der Waals surface area contributed by atoms with Gasteiger partial charge in [0.05, 0.1) is 5.69 Å². The van der Waals surface area contributed by atoms with E-state index in [4.69, 9.17) is 9.40 Å². The molecule has 0 saturated carbocycles. The van der Waals surface area contributed by atoms with Crippen molar-refractivity contribution >= 4 is 11.1 Å². The van der Waals surface area contributed by atoms with Crippen molar-refractivity contribution in [2.24, 2.45) is 0 Å². The van der Waals surface area contributed by atoms with Gasteiger partial charge in [-0.1, -0.05) is 65.3 Å². The lowest BCUT2D eigenvalue weighted by molar-refractivity contribution is 0.588. The predicted molar refractivity (Wildman–Crippen MR) is 136 cm³/mol. The van der Waals surface area contributed by atoms with E-state index in [1.165, 1.54) is 33.4 Å². The fourth-order valence-electron chi connectivity index (χ4n) is 4.35. The minimum absolute atomic E-state index is 0.0942. The maximum Gasteiger partial charge on any atom is 0.227 e. The predicted octanol–water partition coefficient (Wildman–Crippen LogP) is 8.68. The fraction of sp³-hybridized carbons (Fsp3) is 0.367. The smallest absolute Gasteiger partial charge is 0.227 e.